The van der Waals surface area contributed by atoms with Crippen molar-refractivity contribution in [2.75, 3.05) is 32.8 Å². The Balaban J connectivity index is 1.61. The lowest BCUT2D eigenvalue weighted by Gasteiger charge is -2.38. The van der Waals surface area contributed by atoms with Gasteiger partial charge >= 0.3 is 0 Å². The molecule has 1 atom stereocenters. The third-order valence-corrected chi connectivity index (χ3v) is 4.55. The van der Waals surface area contributed by atoms with Crippen LogP contribution in [-0.4, -0.2) is 69.8 Å². The van der Waals surface area contributed by atoms with Gasteiger partial charge in [-0.1, -0.05) is 24.2 Å². The molecule has 1 N–H and O–H groups in total. The van der Waals surface area contributed by atoms with Crippen LogP contribution in [0.4, 0.5) is 0 Å². The molecule has 128 valence electrons. The minimum absolute atomic E-state index is 0.0337. The second kappa shape index (κ2) is 7.55. The molecule has 0 aliphatic carbocycles. The average molecular weight is 330 g/mol. The summed E-state index contributed by atoms with van der Waals surface area (Å²) in [6.45, 7) is 5.20. The molecule has 1 aliphatic rings. The van der Waals surface area contributed by atoms with E-state index in [9.17, 15) is 9.90 Å². The average Bonchev–Trinajstić information content (AvgIpc) is 3.18. The molecule has 1 aromatic heterocycles. The number of aromatic nitrogens is 2. The van der Waals surface area contributed by atoms with E-state index in [1.165, 1.54) is 6.39 Å². The van der Waals surface area contributed by atoms with Crippen LogP contribution in [0.3, 0.4) is 0 Å². The molecule has 0 spiro atoms. The quantitative estimate of drug-likeness (QED) is 0.889. The zero-order valence-corrected chi connectivity index (χ0v) is 13.8. The number of rotatable bonds is 5. The van der Waals surface area contributed by atoms with Gasteiger partial charge in [-0.3, -0.25) is 9.69 Å². The van der Waals surface area contributed by atoms with Gasteiger partial charge < -0.3 is 14.5 Å². The van der Waals surface area contributed by atoms with Crippen molar-refractivity contribution in [3.8, 4) is 11.4 Å². The lowest BCUT2D eigenvalue weighted by Crippen LogP contribution is -2.52. The Hall–Kier alpha value is -2.25. The molecule has 0 saturated carbocycles. The highest BCUT2D eigenvalue weighted by molar-refractivity contribution is 5.94. The molecular weight excluding hydrogens is 308 g/mol. The fraction of sp³-hybridized carbons (Fsp3) is 0.471. The number of aliphatic hydroxyl groups is 1. The van der Waals surface area contributed by atoms with Gasteiger partial charge in [0.25, 0.3) is 5.91 Å². The van der Waals surface area contributed by atoms with Gasteiger partial charge in [-0.15, -0.1) is 0 Å². The van der Waals surface area contributed by atoms with Gasteiger partial charge in [0.15, 0.2) is 0 Å². The third-order valence-electron chi connectivity index (χ3n) is 4.55. The number of hydrogen-bond acceptors (Lipinski definition) is 6. The molecule has 0 bridgehead atoms. The number of carbonyl (C=O) groups is 1. The Bertz CT molecular complexity index is 645. The Kier molecular flexibility index (Phi) is 5.22. The molecule has 2 aromatic rings. The normalized spacial score (nSPS) is 17.0. The van der Waals surface area contributed by atoms with E-state index in [-0.39, 0.29) is 18.6 Å². The smallest absolute Gasteiger partial charge is 0.253 e. The molecule has 1 aromatic carbocycles. The highest BCUT2D eigenvalue weighted by Gasteiger charge is 2.25. The largest absolute Gasteiger partial charge is 0.395 e. The van der Waals surface area contributed by atoms with Crippen molar-refractivity contribution in [2.45, 2.75) is 19.4 Å². The molecule has 3 rings (SSSR count). The van der Waals surface area contributed by atoms with Crippen molar-refractivity contribution in [1.82, 2.24) is 19.9 Å². The van der Waals surface area contributed by atoms with Crippen molar-refractivity contribution in [3.05, 3.63) is 36.2 Å². The molecular formula is C17H22N4O3. The Morgan fingerprint density at radius 2 is 1.96 bits per heavy atom. The van der Waals surface area contributed by atoms with Crippen LogP contribution in [0, 0.1) is 0 Å². The highest BCUT2D eigenvalue weighted by atomic mass is 16.5. The summed E-state index contributed by atoms with van der Waals surface area (Å²) >= 11 is 0. The molecule has 1 amide bonds. The van der Waals surface area contributed by atoms with Crippen LogP contribution in [0.5, 0.6) is 0 Å². The number of nitrogens with zero attached hydrogens (tertiary/aromatic N) is 4. The molecule has 7 nitrogen and oxygen atoms in total. The summed E-state index contributed by atoms with van der Waals surface area (Å²) in [6.07, 6.45) is 2.20. The minimum Gasteiger partial charge on any atom is -0.395 e. The lowest BCUT2D eigenvalue weighted by atomic mass is 10.1. The zero-order valence-electron chi connectivity index (χ0n) is 13.8. The van der Waals surface area contributed by atoms with E-state index >= 15 is 0 Å². The zero-order chi connectivity index (χ0) is 16.9. The molecule has 24 heavy (non-hydrogen) atoms. The number of aliphatic hydroxyl groups excluding tert-OH is 1. The fourth-order valence-corrected chi connectivity index (χ4v) is 3.04. The Morgan fingerprint density at radius 3 is 2.50 bits per heavy atom. The van der Waals surface area contributed by atoms with E-state index in [0.717, 1.165) is 25.1 Å². The fourth-order valence-electron chi connectivity index (χ4n) is 3.04. The van der Waals surface area contributed by atoms with Crippen LogP contribution >= 0.6 is 0 Å². The lowest BCUT2D eigenvalue weighted by molar-refractivity contribution is 0.0472. The maximum atomic E-state index is 12.6. The number of carbonyl (C=O) groups excluding carboxylic acids is 1. The van der Waals surface area contributed by atoms with Crippen molar-refractivity contribution in [2.24, 2.45) is 0 Å². The molecule has 1 unspecified atom stereocenters. The second-order valence-corrected chi connectivity index (χ2v) is 5.90. The first-order valence-electron chi connectivity index (χ1n) is 8.24. The summed E-state index contributed by atoms with van der Waals surface area (Å²) in [6, 6.07) is 7.43. The van der Waals surface area contributed by atoms with Gasteiger partial charge in [-0.25, -0.2) is 0 Å². The van der Waals surface area contributed by atoms with Crippen molar-refractivity contribution < 1.29 is 14.4 Å². The van der Waals surface area contributed by atoms with E-state index in [2.05, 4.69) is 22.0 Å². The topological polar surface area (TPSA) is 82.7 Å². The van der Waals surface area contributed by atoms with Crippen LogP contribution in [0.2, 0.25) is 0 Å². The van der Waals surface area contributed by atoms with Gasteiger partial charge in [0.05, 0.1) is 6.61 Å². The summed E-state index contributed by atoms with van der Waals surface area (Å²) in [5.41, 5.74) is 1.48. The van der Waals surface area contributed by atoms with Crippen LogP contribution < -0.4 is 0 Å². The van der Waals surface area contributed by atoms with Crippen LogP contribution in [0.1, 0.15) is 23.7 Å². The Morgan fingerprint density at radius 1 is 1.25 bits per heavy atom. The SMILES string of the molecule is CCC(CO)N1CCN(C(=O)c2ccc(-c3ncon3)cc2)CC1. The van der Waals surface area contributed by atoms with Gasteiger partial charge in [0.2, 0.25) is 12.2 Å². The van der Waals surface area contributed by atoms with Crippen LogP contribution in [0.15, 0.2) is 35.2 Å². The predicted octanol–water partition coefficient (Wildman–Crippen LogP) is 1.27. The molecule has 1 aliphatic heterocycles. The Labute approximate surface area is 140 Å². The highest BCUT2D eigenvalue weighted by Crippen LogP contribution is 2.17. The summed E-state index contributed by atoms with van der Waals surface area (Å²) in [7, 11) is 0. The third kappa shape index (κ3) is 3.47. The van der Waals surface area contributed by atoms with Crippen LogP contribution in [0.25, 0.3) is 11.4 Å². The molecule has 7 heteroatoms. The van der Waals surface area contributed by atoms with Gasteiger partial charge in [-0.2, -0.15) is 4.98 Å². The maximum absolute atomic E-state index is 12.6. The van der Waals surface area contributed by atoms with E-state index in [1.807, 2.05) is 17.0 Å². The number of amides is 1. The van der Waals surface area contributed by atoms with Crippen LogP contribution in [-0.2, 0) is 0 Å². The first-order valence-corrected chi connectivity index (χ1v) is 8.24. The summed E-state index contributed by atoms with van der Waals surface area (Å²) in [5.74, 6) is 0.545. The van der Waals surface area contributed by atoms with Gasteiger partial charge in [0.1, 0.15) is 0 Å². The maximum Gasteiger partial charge on any atom is 0.253 e. The first-order chi connectivity index (χ1) is 11.7. The monoisotopic (exact) mass is 330 g/mol. The van der Waals surface area contributed by atoms with Crippen molar-refractivity contribution >= 4 is 5.91 Å². The van der Waals surface area contributed by atoms with E-state index in [1.54, 1.807) is 12.1 Å². The van der Waals surface area contributed by atoms with E-state index < -0.39 is 0 Å². The van der Waals surface area contributed by atoms with Crippen molar-refractivity contribution in [3.63, 3.8) is 0 Å². The van der Waals surface area contributed by atoms with E-state index in [4.69, 9.17) is 4.52 Å². The minimum atomic E-state index is 0.0337. The van der Waals surface area contributed by atoms with Gasteiger partial charge in [0, 0.05) is 43.3 Å². The predicted molar refractivity (Wildman–Crippen MR) is 88.4 cm³/mol. The molecule has 2 heterocycles. The standard InChI is InChI=1S/C17H22N4O3/c1-2-15(11-22)20-7-9-21(10-8-20)17(23)14-5-3-13(4-6-14)16-18-12-24-19-16/h3-6,12,15,22H,2,7-11H2,1H3. The molecule has 0 radical (unpaired) electrons. The number of piperazine rings is 1. The second-order valence-electron chi connectivity index (χ2n) is 5.90. The van der Waals surface area contributed by atoms with Gasteiger partial charge in [-0.05, 0) is 18.6 Å². The number of hydrogen-bond donors (Lipinski definition) is 1. The molecule has 1 saturated heterocycles. The summed E-state index contributed by atoms with van der Waals surface area (Å²) < 4.78 is 4.73. The molecule has 1 fully saturated rings. The summed E-state index contributed by atoms with van der Waals surface area (Å²) in [5, 5.41) is 13.2. The first kappa shape index (κ1) is 16.6. The van der Waals surface area contributed by atoms with E-state index in [0.29, 0.717) is 24.5 Å². The number of benzene rings is 1. The van der Waals surface area contributed by atoms with Crippen molar-refractivity contribution in [1.29, 1.82) is 0 Å². The summed E-state index contributed by atoms with van der Waals surface area (Å²) in [4.78, 5) is 20.7.